The summed E-state index contributed by atoms with van der Waals surface area (Å²) in [5.74, 6) is 0.564. The van der Waals surface area contributed by atoms with E-state index >= 15 is 0 Å². The lowest BCUT2D eigenvalue weighted by atomic mass is 10.1. The first kappa shape index (κ1) is 14.2. The van der Waals surface area contributed by atoms with Gasteiger partial charge in [0.05, 0.1) is 4.92 Å². The normalized spacial score (nSPS) is 18.7. The molecule has 1 atom stereocenters. The van der Waals surface area contributed by atoms with Crippen LogP contribution < -0.4 is 10.2 Å². The van der Waals surface area contributed by atoms with Gasteiger partial charge in [-0.1, -0.05) is 0 Å². The highest BCUT2D eigenvalue weighted by Crippen LogP contribution is 2.19. The number of carbonyl (C=O) groups is 1. The molecule has 0 saturated carbocycles. The highest BCUT2D eigenvalue weighted by molar-refractivity contribution is 5.85. The highest BCUT2D eigenvalue weighted by atomic mass is 16.6. The van der Waals surface area contributed by atoms with E-state index in [0.717, 1.165) is 6.54 Å². The number of rotatable bonds is 3. The Balaban J connectivity index is 2.23. The van der Waals surface area contributed by atoms with Crippen molar-refractivity contribution in [1.82, 2.24) is 15.2 Å². The number of likely N-dealkylation sites (N-methyl/N-ethyl adjacent to an activating group) is 1. The SMILES string of the molecule is CN(C)C(=O)C1CNCCN1c1ccc([N+](=O)[O-])cn1. The van der Waals surface area contributed by atoms with Crippen LogP contribution in [0.3, 0.4) is 0 Å². The fraction of sp³-hybridized carbons (Fsp3) is 0.500. The van der Waals surface area contributed by atoms with Crippen molar-refractivity contribution in [3.05, 3.63) is 28.4 Å². The number of amides is 1. The monoisotopic (exact) mass is 279 g/mol. The van der Waals surface area contributed by atoms with Gasteiger partial charge in [0, 0.05) is 39.8 Å². The Labute approximate surface area is 116 Å². The summed E-state index contributed by atoms with van der Waals surface area (Å²) >= 11 is 0. The lowest BCUT2D eigenvalue weighted by Crippen LogP contribution is -2.58. The van der Waals surface area contributed by atoms with Crippen LogP contribution in [-0.4, -0.2) is 60.5 Å². The van der Waals surface area contributed by atoms with Gasteiger partial charge in [0.1, 0.15) is 18.1 Å². The maximum atomic E-state index is 12.2. The number of nitrogens with zero attached hydrogens (tertiary/aromatic N) is 4. The van der Waals surface area contributed by atoms with Crippen LogP contribution in [0.4, 0.5) is 11.5 Å². The summed E-state index contributed by atoms with van der Waals surface area (Å²) in [4.78, 5) is 29.8. The Morgan fingerprint density at radius 2 is 2.30 bits per heavy atom. The quantitative estimate of drug-likeness (QED) is 0.611. The van der Waals surface area contributed by atoms with Gasteiger partial charge in [-0.3, -0.25) is 14.9 Å². The molecule has 1 unspecified atom stereocenters. The van der Waals surface area contributed by atoms with E-state index in [4.69, 9.17) is 0 Å². The molecule has 1 saturated heterocycles. The standard InChI is InChI=1S/C12H17N5O3/c1-15(2)12(18)10-8-13-5-6-16(10)11-4-3-9(7-14-11)17(19)20/h3-4,7,10,13H,5-6,8H2,1-2H3. The number of piperazine rings is 1. The van der Waals surface area contributed by atoms with Crippen molar-refractivity contribution in [1.29, 1.82) is 0 Å². The zero-order valence-electron chi connectivity index (χ0n) is 11.4. The van der Waals surface area contributed by atoms with Crippen LogP contribution >= 0.6 is 0 Å². The van der Waals surface area contributed by atoms with Crippen molar-refractivity contribution in [2.24, 2.45) is 0 Å². The fourth-order valence-corrected chi connectivity index (χ4v) is 2.15. The van der Waals surface area contributed by atoms with Gasteiger partial charge >= 0.3 is 0 Å². The molecule has 0 bridgehead atoms. The number of hydrogen-bond acceptors (Lipinski definition) is 6. The van der Waals surface area contributed by atoms with Gasteiger partial charge in [-0.2, -0.15) is 0 Å². The van der Waals surface area contributed by atoms with Gasteiger partial charge < -0.3 is 15.1 Å². The highest BCUT2D eigenvalue weighted by Gasteiger charge is 2.30. The van der Waals surface area contributed by atoms with E-state index in [9.17, 15) is 14.9 Å². The molecule has 20 heavy (non-hydrogen) atoms. The summed E-state index contributed by atoms with van der Waals surface area (Å²) in [5.41, 5.74) is -0.0561. The van der Waals surface area contributed by atoms with Crippen molar-refractivity contribution in [2.75, 3.05) is 38.6 Å². The minimum absolute atomic E-state index is 0.0163. The second-order valence-corrected chi connectivity index (χ2v) is 4.78. The van der Waals surface area contributed by atoms with E-state index in [-0.39, 0.29) is 17.6 Å². The Kier molecular flexibility index (Phi) is 4.14. The Bertz CT molecular complexity index is 502. The third kappa shape index (κ3) is 2.85. The number of hydrogen-bond donors (Lipinski definition) is 1. The van der Waals surface area contributed by atoms with E-state index < -0.39 is 4.92 Å². The van der Waals surface area contributed by atoms with Crippen molar-refractivity contribution in [3.8, 4) is 0 Å². The molecule has 0 radical (unpaired) electrons. The molecule has 0 aliphatic carbocycles. The molecule has 1 aliphatic heterocycles. The average molecular weight is 279 g/mol. The summed E-state index contributed by atoms with van der Waals surface area (Å²) in [5, 5.41) is 13.8. The van der Waals surface area contributed by atoms with Crippen molar-refractivity contribution in [3.63, 3.8) is 0 Å². The Morgan fingerprint density at radius 1 is 1.55 bits per heavy atom. The molecular weight excluding hydrogens is 262 g/mol. The second-order valence-electron chi connectivity index (χ2n) is 4.78. The minimum atomic E-state index is -0.489. The Morgan fingerprint density at radius 3 is 2.85 bits per heavy atom. The van der Waals surface area contributed by atoms with Crippen molar-refractivity contribution < 1.29 is 9.72 Å². The predicted octanol–water partition coefficient (Wildman–Crippen LogP) is -0.144. The molecule has 1 aliphatic rings. The van der Waals surface area contributed by atoms with Gasteiger partial charge in [-0.25, -0.2) is 4.98 Å². The summed E-state index contributed by atoms with van der Waals surface area (Å²) in [7, 11) is 3.41. The number of nitro groups is 1. The summed E-state index contributed by atoms with van der Waals surface area (Å²) in [6.07, 6.45) is 1.22. The maximum Gasteiger partial charge on any atom is 0.287 e. The molecule has 1 aromatic heterocycles. The lowest BCUT2D eigenvalue weighted by Gasteiger charge is -2.37. The van der Waals surface area contributed by atoms with Crippen molar-refractivity contribution >= 4 is 17.4 Å². The van der Waals surface area contributed by atoms with Gasteiger partial charge in [0.25, 0.3) is 5.69 Å². The first-order chi connectivity index (χ1) is 9.50. The molecule has 1 fully saturated rings. The van der Waals surface area contributed by atoms with Crippen LogP contribution in [0.25, 0.3) is 0 Å². The number of carbonyl (C=O) groups excluding carboxylic acids is 1. The largest absolute Gasteiger partial charge is 0.347 e. The molecule has 1 amide bonds. The summed E-state index contributed by atoms with van der Waals surface area (Å²) in [6, 6.07) is 2.65. The summed E-state index contributed by atoms with van der Waals surface area (Å²) in [6.45, 7) is 1.92. The fourth-order valence-electron chi connectivity index (χ4n) is 2.15. The molecule has 108 valence electrons. The molecule has 8 heteroatoms. The number of anilines is 1. The molecule has 0 spiro atoms. The molecule has 8 nitrogen and oxygen atoms in total. The number of nitrogens with one attached hydrogen (secondary N) is 1. The molecule has 1 N–H and O–H groups in total. The first-order valence-electron chi connectivity index (χ1n) is 6.29. The zero-order valence-corrected chi connectivity index (χ0v) is 11.4. The third-order valence-electron chi connectivity index (χ3n) is 3.21. The van der Waals surface area contributed by atoms with Crippen LogP contribution in [0.2, 0.25) is 0 Å². The number of aromatic nitrogens is 1. The topological polar surface area (TPSA) is 91.6 Å². The van der Waals surface area contributed by atoms with Crippen LogP contribution in [0.15, 0.2) is 18.3 Å². The zero-order chi connectivity index (χ0) is 14.7. The van der Waals surface area contributed by atoms with Crippen LogP contribution in [0.5, 0.6) is 0 Å². The molecule has 1 aromatic rings. The van der Waals surface area contributed by atoms with Gasteiger partial charge in [-0.15, -0.1) is 0 Å². The smallest absolute Gasteiger partial charge is 0.287 e. The third-order valence-corrected chi connectivity index (χ3v) is 3.21. The van der Waals surface area contributed by atoms with E-state index in [2.05, 4.69) is 10.3 Å². The minimum Gasteiger partial charge on any atom is -0.347 e. The van der Waals surface area contributed by atoms with Crippen LogP contribution in [0, 0.1) is 10.1 Å². The molecular formula is C12H17N5O3. The molecule has 2 heterocycles. The van der Waals surface area contributed by atoms with Gasteiger partial charge in [0.2, 0.25) is 5.91 Å². The van der Waals surface area contributed by atoms with Crippen molar-refractivity contribution in [2.45, 2.75) is 6.04 Å². The molecule has 2 rings (SSSR count). The van der Waals surface area contributed by atoms with E-state index in [1.54, 1.807) is 20.2 Å². The molecule has 0 aromatic carbocycles. The maximum absolute atomic E-state index is 12.2. The summed E-state index contributed by atoms with van der Waals surface area (Å²) < 4.78 is 0. The van der Waals surface area contributed by atoms with Crippen LogP contribution in [-0.2, 0) is 4.79 Å². The lowest BCUT2D eigenvalue weighted by molar-refractivity contribution is -0.385. The first-order valence-corrected chi connectivity index (χ1v) is 6.29. The van der Waals surface area contributed by atoms with Gasteiger partial charge in [-0.05, 0) is 6.07 Å². The predicted molar refractivity (Wildman–Crippen MR) is 73.6 cm³/mol. The van der Waals surface area contributed by atoms with Gasteiger partial charge in [0.15, 0.2) is 0 Å². The second kappa shape index (κ2) is 5.83. The van der Waals surface area contributed by atoms with E-state index in [1.165, 1.54) is 17.2 Å². The van der Waals surface area contributed by atoms with Crippen LogP contribution in [0.1, 0.15) is 0 Å². The van der Waals surface area contributed by atoms with E-state index in [1.807, 2.05) is 4.90 Å². The Hall–Kier alpha value is -2.22. The van der Waals surface area contributed by atoms with E-state index in [0.29, 0.717) is 18.9 Å². The number of pyridine rings is 1. The average Bonchev–Trinajstić information content (AvgIpc) is 2.46.